The number of aryl methyl sites for hydroxylation is 3. The van der Waals surface area contributed by atoms with Crippen molar-refractivity contribution in [1.29, 1.82) is 0 Å². The summed E-state index contributed by atoms with van der Waals surface area (Å²) in [6, 6.07) is 16.5. The second-order valence-corrected chi connectivity index (χ2v) is 7.99. The SMILES string of the molecule is Cc1nn(-c2ccc(NC(=O)c3ccc(OCc4cc(C)n(C)n4)cc3)cc2)c(C)c1Cl. The monoisotopic (exact) mass is 449 g/mol. The molecule has 1 amide bonds. The second kappa shape index (κ2) is 8.88. The van der Waals surface area contributed by atoms with Crippen molar-refractivity contribution in [3.63, 3.8) is 0 Å². The highest BCUT2D eigenvalue weighted by molar-refractivity contribution is 6.31. The third-order valence-corrected chi connectivity index (χ3v) is 5.79. The first-order chi connectivity index (χ1) is 15.3. The summed E-state index contributed by atoms with van der Waals surface area (Å²) < 4.78 is 9.36. The fourth-order valence-corrected chi connectivity index (χ4v) is 3.45. The third-order valence-electron chi connectivity index (χ3n) is 5.24. The molecule has 0 saturated heterocycles. The number of nitrogens with one attached hydrogen (secondary N) is 1. The molecule has 32 heavy (non-hydrogen) atoms. The van der Waals surface area contributed by atoms with E-state index in [2.05, 4.69) is 15.5 Å². The number of rotatable bonds is 6. The van der Waals surface area contributed by atoms with Crippen molar-refractivity contribution in [2.24, 2.45) is 7.05 Å². The maximum absolute atomic E-state index is 12.6. The number of carbonyl (C=O) groups excluding carboxylic acids is 1. The summed E-state index contributed by atoms with van der Waals surface area (Å²) in [5.74, 6) is 0.483. The van der Waals surface area contributed by atoms with Crippen molar-refractivity contribution in [2.75, 3.05) is 5.32 Å². The van der Waals surface area contributed by atoms with Crippen molar-refractivity contribution in [3.05, 3.63) is 88.0 Å². The summed E-state index contributed by atoms with van der Waals surface area (Å²) in [6.07, 6.45) is 0. The van der Waals surface area contributed by atoms with Crippen molar-refractivity contribution >= 4 is 23.2 Å². The number of ether oxygens (including phenoxy) is 1. The topological polar surface area (TPSA) is 74.0 Å². The molecule has 0 aliphatic rings. The first-order valence-corrected chi connectivity index (χ1v) is 10.6. The van der Waals surface area contributed by atoms with Gasteiger partial charge in [0.25, 0.3) is 5.91 Å². The van der Waals surface area contributed by atoms with E-state index in [1.807, 2.05) is 62.8 Å². The predicted octanol–water partition coefficient (Wildman–Crippen LogP) is 5.02. The summed E-state index contributed by atoms with van der Waals surface area (Å²) in [6.45, 7) is 6.16. The number of amides is 1. The number of hydrogen-bond acceptors (Lipinski definition) is 4. The zero-order valence-corrected chi connectivity index (χ0v) is 19.1. The van der Waals surface area contributed by atoms with Gasteiger partial charge < -0.3 is 10.1 Å². The molecule has 4 rings (SSSR count). The number of benzene rings is 2. The quantitative estimate of drug-likeness (QED) is 0.448. The fraction of sp³-hybridized carbons (Fsp3) is 0.208. The highest BCUT2D eigenvalue weighted by atomic mass is 35.5. The van der Waals surface area contributed by atoms with Crippen LogP contribution < -0.4 is 10.1 Å². The molecule has 0 spiro atoms. The average molecular weight is 450 g/mol. The molecule has 2 aromatic heterocycles. The van der Waals surface area contributed by atoms with Crippen LogP contribution in [0.15, 0.2) is 54.6 Å². The van der Waals surface area contributed by atoms with Gasteiger partial charge in [-0.2, -0.15) is 10.2 Å². The first kappa shape index (κ1) is 21.6. The van der Waals surface area contributed by atoms with Crippen LogP contribution in [-0.4, -0.2) is 25.5 Å². The fourth-order valence-electron chi connectivity index (χ4n) is 3.33. The lowest BCUT2D eigenvalue weighted by molar-refractivity contribution is 0.102. The molecule has 2 heterocycles. The number of hydrogen-bond donors (Lipinski definition) is 1. The number of halogens is 1. The van der Waals surface area contributed by atoms with E-state index in [-0.39, 0.29) is 5.91 Å². The van der Waals surface area contributed by atoms with Crippen LogP contribution in [0.2, 0.25) is 5.02 Å². The summed E-state index contributed by atoms with van der Waals surface area (Å²) in [5, 5.41) is 12.4. The Kier molecular flexibility index (Phi) is 6.01. The lowest BCUT2D eigenvalue weighted by atomic mass is 10.2. The zero-order chi connectivity index (χ0) is 22.8. The highest BCUT2D eigenvalue weighted by Gasteiger charge is 2.11. The zero-order valence-electron chi connectivity index (χ0n) is 18.4. The number of nitrogens with zero attached hydrogens (tertiary/aromatic N) is 4. The minimum atomic E-state index is -0.196. The molecule has 0 aliphatic carbocycles. The van der Waals surface area contributed by atoms with Crippen LogP contribution in [0.1, 0.15) is 33.1 Å². The summed E-state index contributed by atoms with van der Waals surface area (Å²) in [4.78, 5) is 12.6. The van der Waals surface area contributed by atoms with E-state index in [0.717, 1.165) is 28.5 Å². The summed E-state index contributed by atoms with van der Waals surface area (Å²) in [5.41, 5.74) is 5.70. The standard InChI is InChI=1S/C24H24ClN5O2/c1-15-13-20(28-29(15)4)14-32-22-11-5-18(6-12-22)24(31)26-19-7-9-21(10-8-19)30-17(3)23(25)16(2)27-30/h5-13H,14H2,1-4H3,(H,26,31). The molecule has 0 saturated carbocycles. The molecule has 1 N–H and O–H groups in total. The van der Waals surface area contributed by atoms with Gasteiger partial charge in [0.2, 0.25) is 0 Å². The lowest BCUT2D eigenvalue weighted by Gasteiger charge is -2.09. The van der Waals surface area contributed by atoms with E-state index in [0.29, 0.717) is 28.6 Å². The van der Waals surface area contributed by atoms with Gasteiger partial charge in [-0.05, 0) is 75.4 Å². The molecule has 0 radical (unpaired) electrons. The Balaban J connectivity index is 1.37. The van der Waals surface area contributed by atoms with E-state index in [1.165, 1.54) is 0 Å². The Labute approximate surface area is 191 Å². The molecule has 164 valence electrons. The van der Waals surface area contributed by atoms with Gasteiger partial charge in [0.15, 0.2) is 0 Å². The number of aromatic nitrogens is 4. The van der Waals surface area contributed by atoms with Crippen molar-refractivity contribution in [2.45, 2.75) is 27.4 Å². The Hall–Kier alpha value is -3.58. The molecular formula is C24H24ClN5O2. The van der Waals surface area contributed by atoms with E-state index in [1.54, 1.807) is 28.9 Å². The van der Waals surface area contributed by atoms with Crippen LogP contribution in [0.3, 0.4) is 0 Å². The molecule has 0 unspecified atom stereocenters. The maximum atomic E-state index is 12.6. The maximum Gasteiger partial charge on any atom is 0.255 e. The minimum Gasteiger partial charge on any atom is -0.487 e. The van der Waals surface area contributed by atoms with Crippen LogP contribution in [0.25, 0.3) is 5.69 Å². The smallest absolute Gasteiger partial charge is 0.255 e. The van der Waals surface area contributed by atoms with Crippen molar-refractivity contribution in [1.82, 2.24) is 19.6 Å². The summed E-state index contributed by atoms with van der Waals surface area (Å²) >= 11 is 6.23. The van der Waals surface area contributed by atoms with Gasteiger partial charge in [0.05, 0.1) is 22.1 Å². The molecule has 4 aromatic rings. The van der Waals surface area contributed by atoms with Crippen LogP contribution in [0.5, 0.6) is 5.75 Å². The van der Waals surface area contributed by atoms with E-state index >= 15 is 0 Å². The van der Waals surface area contributed by atoms with Crippen molar-refractivity contribution in [3.8, 4) is 11.4 Å². The van der Waals surface area contributed by atoms with Crippen LogP contribution in [-0.2, 0) is 13.7 Å². The van der Waals surface area contributed by atoms with Crippen LogP contribution >= 0.6 is 11.6 Å². The molecule has 7 nitrogen and oxygen atoms in total. The van der Waals surface area contributed by atoms with Gasteiger partial charge in [-0.1, -0.05) is 11.6 Å². The van der Waals surface area contributed by atoms with Crippen LogP contribution in [0.4, 0.5) is 5.69 Å². The van der Waals surface area contributed by atoms with Gasteiger partial charge in [0.1, 0.15) is 18.1 Å². The molecule has 0 fully saturated rings. The van der Waals surface area contributed by atoms with E-state index < -0.39 is 0 Å². The second-order valence-electron chi connectivity index (χ2n) is 7.61. The Morgan fingerprint density at radius 1 is 1.03 bits per heavy atom. The largest absolute Gasteiger partial charge is 0.487 e. The van der Waals surface area contributed by atoms with Crippen LogP contribution in [0, 0.1) is 20.8 Å². The first-order valence-electron chi connectivity index (χ1n) is 10.2. The molecule has 8 heteroatoms. The molecule has 2 aromatic carbocycles. The normalized spacial score (nSPS) is 10.9. The third kappa shape index (κ3) is 4.53. The van der Waals surface area contributed by atoms with Gasteiger partial charge in [-0.3, -0.25) is 9.48 Å². The van der Waals surface area contributed by atoms with E-state index in [9.17, 15) is 4.79 Å². The average Bonchev–Trinajstić information content (AvgIpc) is 3.25. The minimum absolute atomic E-state index is 0.196. The Morgan fingerprint density at radius 3 is 2.28 bits per heavy atom. The predicted molar refractivity (Wildman–Crippen MR) is 125 cm³/mol. The lowest BCUT2D eigenvalue weighted by Crippen LogP contribution is -2.12. The molecule has 0 atom stereocenters. The van der Waals surface area contributed by atoms with Gasteiger partial charge in [-0.25, -0.2) is 4.68 Å². The number of anilines is 1. The Morgan fingerprint density at radius 2 is 1.72 bits per heavy atom. The van der Waals surface area contributed by atoms with Crippen molar-refractivity contribution < 1.29 is 9.53 Å². The summed E-state index contributed by atoms with van der Waals surface area (Å²) in [7, 11) is 1.90. The van der Waals surface area contributed by atoms with Gasteiger partial charge >= 0.3 is 0 Å². The number of carbonyl (C=O) groups is 1. The van der Waals surface area contributed by atoms with Gasteiger partial charge in [0, 0.05) is 24.0 Å². The molecule has 0 bridgehead atoms. The molecular weight excluding hydrogens is 426 g/mol. The highest BCUT2D eigenvalue weighted by Crippen LogP contribution is 2.23. The van der Waals surface area contributed by atoms with E-state index in [4.69, 9.17) is 16.3 Å². The van der Waals surface area contributed by atoms with Gasteiger partial charge in [-0.15, -0.1) is 0 Å². The Bertz CT molecular complexity index is 1240. The molecule has 0 aliphatic heterocycles.